The Labute approximate surface area is 105 Å². The molecule has 0 aliphatic rings. The summed E-state index contributed by atoms with van der Waals surface area (Å²) in [6.45, 7) is 3.71. The van der Waals surface area contributed by atoms with Crippen molar-refractivity contribution in [1.82, 2.24) is 15.1 Å². The summed E-state index contributed by atoms with van der Waals surface area (Å²) in [6.07, 6.45) is 1.07. The lowest BCUT2D eigenvalue weighted by atomic mass is 10.2. The second-order valence-electron chi connectivity index (χ2n) is 4.07. The van der Waals surface area contributed by atoms with Crippen LogP contribution < -0.4 is 10.6 Å². The molecule has 7 heteroatoms. The lowest BCUT2D eigenvalue weighted by Crippen LogP contribution is -2.42. The number of hydrogen-bond acceptors (Lipinski definition) is 3. The fraction of sp³-hybridized carbons (Fsp3) is 0.545. The second-order valence-corrected chi connectivity index (χ2v) is 4.07. The molecule has 2 amide bonds. The van der Waals surface area contributed by atoms with Crippen molar-refractivity contribution in [3.05, 3.63) is 11.8 Å². The van der Waals surface area contributed by atoms with Gasteiger partial charge in [-0.3, -0.25) is 10.00 Å². The lowest BCUT2D eigenvalue weighted by molar-refractivity contribution is -0.139. The van der Waals surface area contributed by atoms with Crippen molar-refractivity contribution >= 4 is 17.8 Å². The van der Waals surface area contributed by atoms with Crippen molar-refractivity contribution in [2.45, 2.75) is 32.7 Å². The van der Waals surface area contributed by atoms with Crippen molar-refractivity contribution in [3.8, 4) is 0 Å². The number of nitrogens with one attached hydrogen (secondary N) is 2. The second kappa shape index (κ2) is 6.04. The number of rotatable bonds is 5. The van der Waals surface area contributed by atoms with E-state index in [1.165, 1.54) is 0 Å². The minimum absolute atomic E-state index is 0.393. The first kappa shape index (κ1) is 14.0. The molecule has 0 radical (unpaired) electrons. The number of urea groups is 1. The lowest BCUT2D eigenvalue weighted by Gasteiger charge is -2.13. The van der Waals surface area contributed by atoms with Crippen LogP contribution >= 0.6 is 0 Å². The normalized spacial score (nSPS) is 11.9. The number of aliphatic carboxylic acids is 1. The maximum atomic E-state index is 11.6. The summed E-state index contributed by atoms with van der Waals surface area (Å²) >= 11 is 0. The first-order chi connectivity index (χ1) is 8.43. The van der Waals surface area contributed by atoms with Crippen LogP contribution in [0.5, 0.6) is 0 Å². The summed E-state index contributed by atoms with van der Waals surface area (Å²) in [5.41, 5.74) is 0.897. The van der Waals surface area contributed by atoms with E-state index in [0.29, 0.717) is 18.7 Å². The van der Waals surface area contributed by atoms with Crippen molar-refractivity contribution < 1.29 is 14.7 Å². The van der Waals surface area contributed by atoms with E-state index in [-0.39, 0.29) is 0 Å². The zero-order chi connectivity index (χ0) is 13.7. The van der Waals surface area contributed by atoms with Gasteiger partial charge in [-0.15, -0.1) is 0 Å². The van der Waals surface area contributed by atoms with Gasteiger partial charge in [0.25, 0.3) is 0 Å². The largest absolute Gasteiger partial charge is 0.480 e. The Morgan fingerprint density at radius 2 is 2.22 bits per heavy atom. The van der Waals surface area contributed by atoms with Gasteiger partial charge in [0.15, 0.2) is 5.82 Å². The van der Waals surface area contributed by atoms with Gasteiger partial charge in [-0.25, -0.2) is 9.59 Å². The maximum Gasteiger partial charge on any atom is 0.326 e. The van der Waals surface area contributed by atoms with E-state index in [4.69, 9.17) is 5.11 Å². The summed E-state index contributed by atoms with van der Waals surface area (Å²) in [5.74, 6) is -0.641. The number of anilines is 1. The Kier molecular flexibility index (Phi) is 4.70. The first-order valence-corrected chi connectivity index (χ1v) is 5.75. The van der Waals surface area contributed by atoms with Crippen LogP contribution in [0, 0.1) is 6.92 Å². The molecule has 1 rings (SSSR count). The van der Waals surface area contributed by atoms with Gasteiger partial charge in [-0.2, -0.15) is 5.10 Å². The molecule has 0 saturated carbocycles. The molecule has 1 aromatic heterocycles. The smallest absolute Gasteiger partial charge is 0.326 e. The number of hydrogen-bond donors (Lipinski definition) is 3. The number of carbonyl (C=O) groups is 2. The number of nitrogens with zero attached hydrogens (tertiary/aromatic N) is 2. The molecule has 0 aromatic carbocycles. The minimum atomic E-state index is -1.04. The fourth-order valence-corrected chi connectivity index (χ4v) is 1.48. The number of carbonyl (C=O) groups excluding carboxylic acids is 1. The third-order valence-corrected chi connectivity index (χ3v) is 2.54. The molecule has 3 N–H and O–H groups in total. The molecule has 1 heterocycles. The molecule has 0 aliphatic carbocycles. The Bertz CT molecular complexity index is 422. The Morgan fingerprint density at radius 1 is 1.56 bits per heavy atom. The van der Waals surface area contributed by atoms with E-state index in [2.05, 4.69) is 15.7 Å². The van der Waals surface area contributed by atoms with E-state index in [9.17, 15) is 9.59 Å². The average molecular weight is 254 g/mol. The highest BCUT2D eigenvalue weighted by Gasteiger charge is 2.19. The van der Waals surface area contributed by atoms with E-state index < -0.39 is 18.0 Å². The van der Waals surface area contributed by atoms with Crippen LogP contribution in [0.4, 0.5) is 10.6 Å². The first-order valence-electron chi connectivity index (χ1n) is 5.75. The predicted molar refractivity (Wildman–Crippen MR) is 66.4 cm³/mol. The molecule has 1 atom stereocenters. The molecule has 0 spiro atoms. The topological polar surface area (TPSA) is 96.3 Å². The quantitative estimate of drug-likeness (QED) is 0.733. The number of carboxylic acids is 1. The zero-order valence-electron chi connectivity index (χ0n) is 10.7. The van der Waals surface area contributed by atoms with Crippen LogP contribution in [0.2, 0.25) is 0 Å². The van der Waals surface area contributed by atoms with Gasteiger partial charge in [-0.1, -0.05) is 13.3 Å². The third-order valence-electron chi connectivity index (χ3n) is 2.54. The molecule has 1 aromatic rings. The molecule has 0 saturated heterocycles. The van der Waals surface area contributed by atoms with Gasteiger partial charge >= 0.3 is 12.0 Å². The highest BCUT2D eigenvalue weighted by atomic mass is 16.4. The molecular formula is C11H18N4O3. The van der Waals surface area contributed by atoms with Gasteiger partial charge in [0.2, 0.25) is 0 Å². The maximum absolute atomic E-state index is 11.6. The standard InChI is InChI=1S/C11H18N4O3/c1-4-5-8(10(16)17)12-11(18)13-9-6-7(2)15(3)14-9/h6,8H,4-5H2,1-3H3,(H,16,17)(H2,12,13,14,18)/t8-/m0/s1. The van der Waals surface area contributed by atoms with Crippen LogP contribution in [0.3, 0.4) is 0 Å². The van der Waals surface area contributed by atoms with Crippen LogP contribution in [-0.2, 0) is 11.8 Å². The van der Waals surface area contributed by atoms with Crippen LogP contribution in [0.15, 0.2) is 6.07 Å². The van der Waals surface area contributed by atoms with E-state index in [1.807, 2.05) is 13.8 Å². The molecule has 0 unspecified atom stereocenters. The van der Waals surface area contributed by atoms with Crippen molar-refractivity contribution in [1.29, 1.82) is 0 Å². The van der Waals surface area contributed by atoms with Gasteiger partial charge in [-0.05, 0) is 13.3 Å². The van der Waals surface area contributed by atoms with Gasteiger partial charge < -0.3 is 10.4 Å². The van der Waals surface area contributed by atoms with E-state index in [0.717, 1.165) is 5.69 Å². The minimum Gasteiger partial charge on any atom is -0.480 e. The van der Waals surface area contributed by atoms with E-state index >= 15 is 0 Å². The van der Waals surface area contributed by atoms with Crippen LogP contribution in [-0.4, -0.2) is 32.9 Å². The summed E-state index contributed by atoms with van der Waals surface area (Å²) < 4.78 is 1.62. The molecule has 100 valence electrons. The van der Waals surface area contributed by atoms with Crippen LogP contribution in [0.25, 0.3) is 0 Å². The van der Waals surface area contributed by atoms with Crippen LogP contribution in [0.1, 0.15) is 25.5 Å². The van der Waals surface area contributed by atoms with Crippen molar-refractivity contribution in [2.75, 3.05) is 5.32 Å². The number of aromatic nitrogens is 2. The molecule has 0 aliphatic heterocycles. The third kappa shape index (κ3) is 3.76. The summed E-state index contributed by atoms with van der Waals surface area (Å²) in [6, 6.07) is 0.267. The van der Waals surface area contributed by atoms with Gasteiger partial charge in [0.05, 0.1) is 0 Å². The Balaban J connectivity index is 2.57. The zero-order valence-corrected chi connectivity index (χ0v) is 10.7. The summed E-state index contributed by atoms with van der Waals surface area (Å²) in [7, 11) is 1.76. The molecule has 7 nitrogen and oxygen atoms in total. The fourth-order valence-electron chi connectivity index (χ4n) is 1.48. The number of aryl methyl sites for hydroxylation is 2. The van der Waals surface area contributed by atoms with Gasteiger partial charge in [0.1, 0.15) is 6.04 Å². The van der Waals surface area contributed by atoms with Crippen molar-refractivity contribution in [3.63, 3.8) is 0 Å². The molecular weight excluding hydrogens is 236 g/mol. The SMILES string of the molecule is CCC[C@H](NC(=O)Nc1cc(C)n(C)n1)C(=O)O. The average Bonchev–Trinajstić information content (AvgIpc) is 2.57. The monoisotopic (exact) mass is 254 g/mol. The predicted octanol–water partition coefficient (Wildman–Crippen LogP) is 1.10. The number of amides is 2. The van der Waals surface area contributed by atoms with Crippen molar-refractivity contribution in [2.24, 2.45) is 7.05 Å². The summed E-state index contributed by atoms with van der Waals surface area (Å²) in [5, 5.41) is 17.8. The Hall–Kier alpha value is -2.05. The molecule has 0 fully saturated rings. The van der Waals surface area contributed by atoms with Gasteiger partial charge in [0, 0.05) is 18.8 Å². The molecule has 0 bridgehead atoms. The van der Waals surface area contributed by atoms with E-state index in [1.54, 1.807) is 17.8 Å². The highest BCUT2D eigenvalue weighted by molar-refractivity contribution is 5.91. The number of carboxylic acid groups (broad SMARTS) is 1. The highest BCUT2D eigenvalue weighted by Crippen LogP contribution is 2.06. The summed E-state index contributed by atoms with van der Waals surface area (Å²) in [4.78, 5) is 22.5. The Morgan fingerprint density at radius 3 is 2.67 bits per heavy atom. The molecule has 18 heavy (non-hydrogen) atoms.